The largest absolute Gasteiger partial charge is 0.381 e. The Morgan fingerprint density at radius 2 is 1.67 bits per heavy atom. The maximum atomic E-state index is 4.99. The predicted molar refractivity (Wildman–Crippen MR) is 134 cm³/mol. The zero-order valence-electron chi connectivity index (χ0n) is 21.4. The van der Waals surface area contributed by atoms with Crippen molar-refractivity contribution in [3.63, 3.8) is 0 Å². The molecule has 0 radical (unpaired) electrons. The molecule has 2 aliphatic heterocycles. The second-order valence-corrected chi connectivity index (χ2v) is 8.53. The number of methoxy groups -OCH3 is 1. The summed E-state index contributed by atoms with van der Waals surface area (Å²) in [6.07, 6.45) is 13.3. The van der Waals surface area contributed by atoms with Crippen molar-refractivity contribution in [1.29, 1.82) is 0 Å². The maximum Gasteiger partial charge on any atom is 0.0571 e. The highest BCUT2D eigenvalue weighted by Gasteiger charge is 2.32. The van der Waals surface area contributed by atoms with Crippen molar-refractivity contribution in [3.05, 3.63) is 12.7 Å². The van der Waals surface area contributed by atoms with Crippen LogP contribution >= 0.6 is 0 Å². The van der Waals surface area contributed by atoms with Crippen molar-refractivity contribution in [2.45, 2.75) is 92.1 Å². The third-order valence-corrected chi connectivity index (χ3v) is 6.55. The molecule has 0 unspecified atom stereocenters. The van der Waals surface area contributed by atoms with Gasteiger partial charge in [-0.15, -0.1) is 6.58 Å². The van der Waals surface area contributed by atoms with Gasteiger partial charge in [0.15, 0.2) is 0 Å². The molecule has 3 rings (SSSR count). The summed E-state index contributed by atoms with van der Waals surface area (Å²) >= 11 is 0. The van der Waals surface area contributed by atoms with Crippen molar-refractivity contribution >= 4 is 0 Å². The molecule has 4 heteroatoms. The maximum absolute atomic E-state index is 4.99. The normalized spacial score (nSPS) is 21.5. The van der Waals surface area contributed by atoms with E-state index >= 15 is 0 Å². The zero-order chi connectivity index (χ0) is 22.7. The fraction of sp³-hybridized carbons (Fsp3) is 0.923. The van der Waals surface area contributed by atoms with Crippen LogP contribution in [0.25, 0.3) is 0 Å². The molecular formula is C26H55N3O. The number of rotatable bonds is 8. The number of hydrogen-bond acceptors (Lipinski definition) is 4. The zero-order valence-corrected chi connectivity index (χ0v) is 21.4. The second kappa shape index (κ2) is 19.3. The molecule has 180 valence electrons. The van der Waals surface area contributed by atoms with E-state index in [0.29, 0.717) is 11.5 Å². The Morgan fingerprint density at radius 3 is 2.07 bits per heavy atom. The standard InChI is InChI=1S/C17H33N3.C5H10O.2C2H6/c1-3-9-19-15-17(4-2)7-12-20(13-8-17)14-16-5-10-18-11-6-16;1-6-5-3-2-4-5;2*1-2/h4,16,18-19H,2-3,5-15H2,1H3;5H,2-4H2,1H3;2*1-2H3. The molecule has 0 aromatic rings. The van der Waals surface area contributed by atoms with Crippen molar-refractivity contribution in [2.75, 3.05) is 52.9 Å². The number of likely N-dealkylation sites (tertiary alicyclic amines) is 1. The third kappa shape index (κ3) is 11.8. The first-order valence-corrected chi connectivity index (χ1v) is 13.0. The van der Waals surface area contributed by atoms with E-state index in [0.717, 1.165) is 19.0 Å². The van der Waals surface area contributed by atoms with Gasteiger partial charge in [-0.2, -0.15) is 0 Å². The van der Waals surface area contributed by atoms with Gasteiger partial charge in [0.2, 0.25) is 0 Å². The van der Waals surface area contributed by atoms with E-state index in [2.05, 4.69) is 35.1 Å². The van der Waals surface area contributed by atoms with E-state index in [1.165, 1.54) is 84.1 Å². The van der Waals surface area contributed by atoms with E-state index < -0.39 is 0 Å². The molecule has 0 atom stereocenters. The molecule has 2 saturated heterocycles. The first-order chi connectivity index (χ1) is 14.7. The molecule has 0 amide bonds. The average Bonchev–Trinajstić information content (AvgIpc) is 2.78. The Kier molecular flexibility index (Phi) is 19.0. The minimum atomic E-state index is 0.347. The molecule has 0 spiro atoms. The SMILES string of the molecule is C=CC1(CNCCC)CCN(CC2CCNCC2)CC1.CC.CC.COC1CCC1. The highest BCUT2D eigenvalue weighted by Crippen LogP contribution is 2.32. The molecule has 1 saturated carbocycles. The molecule has 2 heterocycles. The molecule has 3 aliphatic rings. The van der Waals surface area contributed by atoms with Crippen LogP contribution in [0.5, 0.6) is 0 Å². The summed E-state index contributed by atoms with van der Waals surface area (Å²) in [6.45, 7) is 22.9. The summed E-state index contributed by atoms with van der Waals surface area (Å²) in [5, 5.41) is 7.06. The Morgan fingerprint density at radius 1 is 1.07 bits per heavy atom. The summed E-state index contributed by atoms with van der Waals surface area (Å²) in [5.41, 5.74) is 0.347. The third-order valence-electron chi connectivity index (χ3n) is 6.55. The molecule has 30 heavy (non-hydrogen) atoms. The van der Waals surface area contributed by atoms with E-state index in [-0.39, 0.29) is 0 Å². The smallest absolute Gasteiger partial charge is 0.0571 e. The summed E-state index contributed by atoms with van der Waals surface area (Å²) < 4.78 is 4.99. The van der Waals surface area contributed by atoms with Gasteiger partial charge in [0.1, 0.15) is 0 Å². The van der Waals surface area contributed by atoms with Crippen LogP contribution in [0.2, 0.25) is 0 Å². The van der Waals surface area contributed by atoms with Crippen molar-refractivity contribution < 1.29 is 4.74 Å². The Bertz CT molecular complexity index is 368. The van der Waals surface area contributed by atoms with E-state index in [4.69, 9.17) is 4.74 Å². The number of nitrogens with zero attached hydrogens (tertiary/aromatic N) is 1. The van der Waals surface area contributed by atoms with Crippen LogP contribution in [0.1, 0.15) is 86.0 Å². The van der Waals surface area contributed by atoms with Crippen molar-refractivity contribution in [3.8, 4) is 0 Å². The quantitative estimate of drug-likeness (QED) is 0.398. The summed E-state index contributed by atoms with van der Waals surface area (Å²) in [5.74, 6) is 0.922. The lowest BCUT2D eigenvalue weighted by Gasteiger charge is -2.41. The minimum absolute atomic E-state index is 0.347. The summed E-state index contributed by atoms with van der Waals surface area (Å²) in [4.78, 5) is 2.69. The molecular weight excluding hydrogens is 370 g/mol. The van der Waals surface area contributed by atoms with Gasteiger partial charge in [-0.3, -0.25) is 0 Å². The van der Waals surface area contributed by atoms with Gasteiger partial charge >= 0.3 is 0 Å². The van der Waals surface area contributed by atoms with Gasteiger partial charge in [0, 0.05) is 25.6 Å². The highest BCUT2D eigenvalue weighted by atomic mass is 16.5. The number of nitrogens with one attached hydrogen (secondary N) is 2. The number of piperidine rings is 2. The van der Waals surface area contributed by atoms with Crippen LogP contribution in [0, 0.1) is 11.3 Å². The Labute approximate surface area is 189 Å². The predicted octanol–water partition coefficient (Wildman–Crippen LogP) is 5.49. The molecule has 4 nitrogen and oxygen atoms in total. The average molecular weight is 426 g/mol. The number of hydrogen-bond donors (Lipinski definition) is 2. The topological polar surface area (TPSA) is 36.5 Å². The van der Waals surface area contributed by atoms with Crippen LogP contribution in [-0.4, -0.2) is 63.9 Å². The number of ether oxygens (including phenoxy) is 1. The van der Waals surface area contributed by atoms with Crippen LogP contribution in [0.15, 0.2) is 12.7 Å². The highest BCUT2D eigenvalue weighted by molar-refractivity contribution is 5.00. The Hall–Kier alpha value is -0.420. The monoisotopic (exact) mass is 425 g/mol. The van der Waals surface area contributed by atoms with Gasteiger partial charge in [-0.05, 0) is 90.0 Å². The second-order valence-electron chi connectivity index (χ2n) is 8.53. The fourth-order valence-electron chi connectivity index (χ4n) is 4.18. The van der Waals surface area contributed by atoms with E-state index in [9.17, 15) is 0 Å². The lowest BCUT2D eigenvalue weighted by atomic mass is 9.78. The van der Waals surface area contributed by atoms with Gasteiger partial charge in [-0.25, -0.2) is 0 Å². The van der Waals surface area contributed by atoms with Crippen LogP contribution in [-0.2, 0) is 4.74 Å². The molecule has 1 aliphatic carbocycles. The fourth-order valence-corrected chi connectivity index (χ4v) is 4.18. The van der Waals surface area contributed by atoms with E-state index in [1.807, 2.05) is 27.7 Å². The van der Waals surface area contributed by atoms with Crippen molar-refractivity contribution in [2.24, 2.45) is 11.3 Å². The summed E-state index contributed by atoms with van der Waals surface area (Å²) in [6, 6.07) is 0. The van der Waals surface area contributed by atoms with Crippen LogP contribution < -0.4 is 10.6 Å². The van der Waals surface area contributed by atoms with Gasteiger partial charge in [0.25, 0.3) is 0 Å². The van der Waals surface area contributed by atoms with Crippen LogP contribution in [0.3, 0.4) is 0 Å². The lowest BCUT2D eigenvalue weighted by molar-refractivity contribution is 0.0412. The van der Waals surface area contributed by atoms with E-state index in [1.54, 1.807) is 7.11 Å². The van der Waals surface area contributed by atoms with Gasteiger partial charge in [0.05, 0.1) is 6.10 Å². The summed E-state index contributed by atoms with van der Waals surface area (Å²) in [7, 11) is 1.78. The lowest BCUT2D eigenvalue weighted by Crippen LogP contribution is -2.46. The Balaban J connectivity index is 0.000000702. The minimum Gasteiger partial charge on any atom is -0.381 e. The van der Waals surface area contributed by atoms with Crippen LogP contribution in [0.4, 0.5) is 0 Å². The first-order valence-electron chi connectivity index (χ1n) is 13.0. The molecule has 3 fully saturated rings. The molecule has 2 N–H and O–H groups in total. The van der Waals surface area contributed by atoms with Crippen molar-refractivity contribution in [1.82, 2.24) is 15.5 Å². The molecule has 0 bridgehead atoms. The van der Waals surface area contributed by atoms with Gasteiger partial charge in [-0.1, -0.05) is 40.7 Å². The van der Waals surface area contributed by atoms with Gasteiger partial charge < -0.3 is 20.3 Å². The molecule has 0 aromatic heterocycles. The first kappa shape index (κ1) is 29.6. The molecule has 0 aromatic carbocycles.